The molecule has 13 heavy (non-hydrogen) atoms. The normalized spacial score (nSPS) is 10.3. The van der Waals surface area contributed by atoms with E-state index in [-0.39, 0.29) is 0 Å². The van der Waals surface area contributed by atoms with Crippen molar-refractivity contribution in [1.82, 2.24) is 9.97 Å². The Morgan fingerprint density at radius 2 is 2.31 bits per heavy atom. The number of pyridine rings is 2. The SMILES string of the molecule is COc1cc(Cl)nc2cnccc12. The third kappa shape index (κ3) is 1.42. The van der Waals surface area contributed by atoms with E-state index in [1.807, 2.05) is 6.07 Å². The molecule has 0 fully saturated rings. The Kier molecular flexibility index (Phi) is 2.02. The quantitative estimate of drug-likeness (QED) is 0.654. The summed E-state index contributed by atoms with van der Waals surface area (Å²) >= 11 is 5.78. The van der Waals surface area contributed by atoms with E-state index >= 15 is 0 Å². The van der Waals surface area contributed by atoms with Crippen molar-refractivity contribution in [2.45, 2.75) is 0 Å². The number of halogens is 1. The molecule has 0 unspecified atom stereocenters. The summed E-state index contributed by atoms with van der Waals surface area (Å²) in [5, 5.41) is 1.33. The highest BCUT2D eigenvalue weighted by molar-refractivity contribution is 6.30. The predicted molar refractivity (Wildman–Crippen MR) is 51.1 cm³/mol. The number of ether oxygens (including phenoxy) is 1. The Morgan fingerprint density at radius 3 is 3.08 bits per heavy atom. The van der Waals surface area contributed by atoms with Crippen molar-refractivity contribution in [1.29, 1.82) is 0 Å². The Labute approximate surface area is 80.3 Å². The standard InChI is InChI=1S/C9H7ClN2O/c1-13-8-4-9(10)12-7-5-11-3-2-6(7)8/h2-5H,1H3. The Balaban J connectivity index is 2.81. The minimum atomic E-state index is 0.414. The molecule has 66 valence electrons. The van der Waals surface area contributed by atoms with Gasteiger partial charge < -0.3 is 4.74 Å². The number of aromatic nitrogens is 2. The van der Waals surface area contributed by atoms with Crippen LogP contribution in [0.25, 0.3) is 10.9 Å². The van der Waals surface area contributed by atoms with Crippen LogP contribution in [-0.2, 0) is 0 Å². The van der Waals surface area contributed by atoms with Crippen LogP contribution in [0.1, 0.15) is 0 Å². The zero-order valence-corrected chi connectivity index (χ0v) is 7.75. The lowest BCUT2D eigenvalue weighted by Crippen LogP contribution is -1.88. The summed E-state index contributed by atoms with van der Waals surface area (Å²) in [6.45, 7) is 0. The summed E-state index contributed by atoms with van der Waals surface area (Å²) < 4.78 is 5.16. The van der Waals surface area contributed by atoms with Gasteiger partial charge in [-0.15, -0.1) is 0 Å². The van der Waals surface area contributed by atoms with Crippen LogP contribution in [0.5, 0.6) is 5.75 Å². The van der Waals surface area contributed by atoms with Gasteiger partial charge in [0.1, 0.15) is 10.9 Å². The number of fused-ring (bicyclic) bond motifs is 1. The number of rotatable bonds is 1. The Morgan fingerprint density at radius 1 is 1.46 bits per heavy atom. The molecule has 0 aliphatic heterocycles. The molecule has 0 amide bonds. The van der Waals surface area contributed by atoms with E-state index in [4.69, 9.17) is 16.3 Å². The minimum Gasteiger partial charge on any atom is -0.496 e. The van der Waals surface area contributed by atoms with E-state index in [9.17, 15) is 0 Å². The summed E-state index contributed by atoms with van der Waals surface area (Å²) in [4.78, 5) is 8.06. The minimum absolute atomic E-state index is 0.414. The van der Waals surface area contributed by atoms with Crippen LogP contribution < -0.4 is 4.74 Å². The van der Waals surface area contributed by atoms with Crippen molar-refractivity contribution in [2.24, 2.45) is 0 Å². The maximum Gasteiger partial charge on any atom is 0.133 e. The van der Waals surface area contributed by atoms with Crippen molar-refractivity contribution >= 4 is 22.5 Å². The molecule has 0 saturated heterocycles. The van der Waals surface area contributed by atoms with Crippen molar-refractivity contribution in [3.63, 3.8) is 0 Å². The molecule has 4 heteroatoms. The lowest BCUT2D eigenvalue weighted by Gasteiger charge is -2.04. The first kappa shape index (κ1) is 8.26. The molecule has 0 saturated carbocycles. The van der Waals surface area contributed by atoms with Gasteiger partial charge in [0.2, 0.25) is 0 Å². The molecule has 0 aromatic carbocycles. The van der Waals surface area contributed by atoms with Gasteiger partial charge in [0.25, 0.3) is 0 Å². The fourth-order valence-electron chi connectivity index (χ4n) is 1.19. The first-order valence-corrected chi connectivity index (χ1v) is 4.13. The van der Waals surface area contributed by atoms with E-state index in [1.165, 1.54) is 0 Å². The fourth-order valence-corrected chi connectivity index (χ4v) is 1.38. The van der Waals surface area contributed by atoms with Gasteiger partial charge in [0.15, 0.2) is 0 Å². The monoisotopic (exact) mass is 194 g/mol. The van der Waals surface area contributed by atoms with E-state index < -0.39 is 0 Å². The topological polar surface area (TPSA) is 35.0 Å². The highest BCUT2D eigenvalue weighted by Crippen LogP contribution is 2.25. The molecule has 0 N–H and O–H groups in total. The van der Waals surface area contributed by atoms with Crippen LogP contribution in [-0.4, -0.2) is 17.1 Å². The summed E-state index contributed by atoms with van der Waals surface area (Å²) in [6.07, 6.45) is 3.35. The summed E-state index contributed by atoms with van der Waals surface area (Å²) in [5.41, 5.74) is 0.742. The molecule has 2 rings (SSSR count). The molecule has 0 aliphatic rings. The average molecular weight is 195 g/mol. The summed E-state index contributed by atoms with van der Waals surface area (Å²) in [5.74, 6) is 0.720. The first-order valence-electron chi connectivity index (χ1n) is 3.75. The molecule has 0 bridgehead atoms. The third-order valence-electron chi connectivity index (χ3n) is 1.76. The second-order valence-electron chi connectivity index (χ2n) is 2.54. The van der Waals surface area contributed by atoms with Crippen molar-refractivity contribution in [3.8, 4) is 5.75 Å². The molecule has 0 atom stereocenters. The fraction of sp³-hybridized carbons (Fsp3) is 0.111. The number of hydrogen-bond acceptors (Lipinski definition) is 3. The van der Waals surface area contributed by atoms with Crippen molar-refractivity contribution < 1.29 is 4.74 Å². The van der Waals surface area contributed by atoms with Gasteiger partial charge >= 0.3 is 0 Å². The first-order chi connectivity index (χ1) is 6.31. The van der Waals surface area contributed by atoms with E-state index in [0.717, 1.165) is 16.7 Å². The lowest BCUT2D eigenvalue weighted by atomic mass is 10.2. The Bertz CT molecular complexity index is 445. The molecular formula is C9H7ClN2O. The second kappa shape index (κ2) is 3.18. The highest BCUT2D eigenvalue weighted by atomic mass is 35.5. The molecule has 0 radical (unpaired) electrons. The van der Waals surface area contributed by atoms with Crippen LogP contribution in [0.3, 0.4) is 0 Å². The summed E-state index contributed by atoms with van der Waals surface area (Å²) in [7, 11) is 1.60. The highest BCUT2D eigenvalue weighted by Gasteiger charge is 2.03. The van der Waals surface area contributed by atoms with Gasteiger partial charge in [-0.05, 0) is 6.07 Å². The number of nitrogens with zero attached hydrogens (tertiary/aromatic N) is 2. The van der Waals surface area contributed by atoms with E-state index in [2.05, 4.69) is 9.97 Å². The van der Waals surface area contributed by atoms with Crippen LogP contribution >= 0.6 is 11.6 Å². The van der Waals surface area contributed by atoms with Gasteiger partial charge in [-0.1, -0.05) is 11.6 Å². The number of methoxy groups -OCH3 is 1. The molecular weight excluding hydrogens is 188 g/mol. The van der Waals surface area contributed by atoms with Gasteiger partial charge in [0, 0.05) is 17.6 Å². The van der Waals surface area contributed by atoms with Crippen LogP contribution in [0.2, 0.25) is 5.15 Å². The molecule has 3 nitrogen and oxygen atoms in total. The summed E-state index contributed by atoms with van der Waals surface area (Å²) in [6, 6.07) is 3.53. The number of hydrogen-bond donors (Lipinski definition) is 0. The van der Waals surface area contributed by atoms with Gasteiger partial charge in [-0.25, -0.2) is 4.98 Å². The van der Waals surface area contributed by atoms with Gasteiger partial charge in [-0.3, -0.25) is 4.98 Å². The maximum atomic E-state index is 5.78. The van der Waals surface area contributed by atoms with E-state index in [0.29, 0.717) is 5.15 Å². The third-order valence-corrected chi connectivity index (χ3v) is 1.96. The molecule has 2 aromatic heterocycles. The smallest absolute Gasteiger partial charge is 0.133 e. The largest absolute Gasteiger partial charge is 0.496 e. The van der Waals surface area contributed by atoms with Crippen LogP contribution in [0.4, 0.5) is 0 Å². The molecule has 2 aromatic rings. The van der Waals surface area contributed by atoms with Crippen molar-refractivity contribution in [2.75, 3.05) is 7.11 Å². The lowest BCUT2D eigenvalue weighted by molar-refractivity contribution is 0.419. The predicted octanol–water partition coefficient (Wildman–Crippen LogP) is 2.29. The van der Waals surface area contributed by atoms with E-state index in [1.54, 1.807) is 25.6 Å². The van der Waals surface area contributed by atoms with Crippen LogP contribution in [0, 0.1) is 0 Å². The molecule has 0 aliphatic carbocycles. The van der Waals surface area contributed by atoms with Gasteiger partial charge in [-0.2, -0.15) is 0 Å². The zero-order chi connectivity index (χ0) is 9.26. The molecule has 2 heterocycles. The molecule has 0 spiro atoms. The maximum absolute atomic E-state index is 5.78. The van der Waals surface area contributed by atoms with Gasteiger partial charge in [0.05, 0.1) is 18.8 Å². The second-order valence-corrected chi connectivity index (χ2v) is 2.93. The average Bonchev–Trinajstić information content (AvgIpc) is 2.16. The van der Waals surface area contributed by atoms with Crippen molar-refractivity contribution in [3.05, 3.63) is 29.7 Å². The Hall–Kier alpha value is -1.35. The van der Waals surface area contributed by atoms with Crippen LogP contribution in [0.15, 0.2) is 24.5 Å². The zero-order valence-electron chi connectivity index (χ0n) is 6.99.